The van der Waals surface area contributed by atoms with E-state index in [2.05, 4.69) is 22.1 Å². The van der Waals surface area contributed by atoms with Gasteiger partial charge in [0, 0.05) is 18.9 Å². The Kier molecular flexibility index (Phi) is 4.67. The number of rotatable bonds is 3. The highest BCUT2D eigenvalue weighted by molar-refractivity contribution is 7.07. The molecule has 0 saturated heterocycles. The van der Waals surface area contributed by atoms with Crippen LogP contribution < -0.4 is 5.32 Å². The normalized spacial score (nSPS) is 9.53. The molecule has 0 fully saturated rings. The molecule has 5 heteroatoms. The van der Waals surface area contributed by atoms with Gasteiger partial charge in [0.05, 0.1) is 11.1 Å². The van der Waals surface area contributed by atoms with Crippen molar-refractivity contribution in [3.05, 3.63) is 52.0 Å². The van der Waals surface area contributed by atoms with Gasteiger partial charge in [-0.2, -0.15) is 11.3 Å². The summed E-state index contributed by atoms with van der Waals surface area (Å²) in [5.74, 6) is 5.03. The summed E-state index contributed by atoms with van der Waals surface area (Å²) in [5.41, 5.74) is 2.04. The quantitative estimate of drug-likeness (QED) is 0.831. The first kappa shape index (κ1) is 13.3. The third kappa shape index (κ3) is 3.65. The molecule has 2 heterocycles. The molecule has 0 bridgehead atoms. The number of hydrogen-bond acceptors (Lipinski definition) is 4. The van der Waals surface area contributed by atoms with Crippen molar-refractivity contribution in [1.29, 1.82) is 0 Å². The molecule has 2 N–H and O–H groups in total. The van der Waals surface area contributed by atoms with E-state index in [1.807, 2.05) is 16.8 Å². The topological polar surface area (TPSA) is 62.2 Å². The number of carbonyl (C=O) groups excluding carboxylic acids is 1. The van der Waals surface area contributed by atoms with Gasteiger partial charge in [0.2, 0.25) is 0 Å². The molecule has 2 aromatic heterocycles. The van der Waals surface area contributed by atoms with Crippen LogP contribution in [-0.2, 0) is 6.54 Å². The van der Waals surface area contributed by atoms with Gasteiger partial charge in [-0.15, -0.1) is 0 Å². The average molecular weight is 272 g/mol. The SMILES string of the molecule is O=C(NCc1ccsc1)c1ccncc1C#CCO. The van der Waals surface area contributed by atoms with Crippen molar-refractivity contribution in [2.45, 2.75) is 6.54 Å². The van der Waals surface area contributed by atoms with Crippen LogP contribution in [0.5, 0.6) is 0 Å². The first-order valence-electron chi connectivity index (χ1n) is 5.64. The molecule has 2 rings (SSSR count). The third-order valence-corrected chi connectivity index (χ3v) is 3.13. The highest BCUT2D eigenvalue weighted by atomic mass is 32.1. The Bertz CT molecular complexity index is 612. The fourth-order valence-electron chi connectivity index (χ4n) is 1.50. The molecule has 4 nitrogen and oxygen atoms in total. The second kappa shape index (κ2) is 6.69. The number of aromatic nitrogens is 1. The van der Waals surface area contributed by atoms with Crippen LogP contribution >= 0.6 is 11.3 Å². The van der Waals surface area contributed by atoms with Crippen LogP contribution in [0.15, 0.2) is 35.3 Å². The van der Waals surface area contributed by atoms with Gasteiger partial charge in [0.1, 0.15) is 6.61 Å². The molecule has 0 spiro atoms. The predicted octanol–water partition coefficient (Wildman–Crippen LogP) is 1.42. The van der Waals surface area contributed by atoms with E-state index < -0.39 is 0 Å². The summed E-state index contributed by atoms with van der Waals surface area (Å²) in [7, 11) is 0. The molecule has 0 aliphatic carbocycles. The molecule has 0 unspecified atom stereocenters. The molecule has 0 radical (unpaired) electrons. The number of aliphatic hydroxyl groups excluding tert-OH is 1. The number of aliphatic hydroxyl groups is 1. The van der Waals surface area contributed by atoms with E-state index in [9.17, 15) is 4.79 Å². The largest absolute Gasteiger partial charge is 0.384 e. The molecule has 0 saturated carbocycles. The van der Waals surface area contributed by atoms with Crippen LogP contribution in [0.1, 0.15) is 21.5 Å². The molecule has 19 heavy (non-hydrogen) atoms. The maximum Gasteiger partial charge on any atom is 0.252 e. The summed E-state index contributed by atoms with van der Waals surface area (Å²) in [6, 6.07) is 3.58. The van der Waals surface area contributed by atoms with E-state index in [0.29, 0.717) is 17.7 Å². The molecule has 1 amide bonds. The molecule has 0 aliphatic heterocycles. The zero-order valence-electron chi connectivity index (χ0n) is 10.1. The lowest BCUT2D eigenvalue weighted by Gasteiger charge is -2.05. The van der Waals surface area contributed by atoms with Crippen molar-refractivity contribution < 1.29 is 9.90 Å². The fraction of sp³-hybridized carbons (Fsp3) is 0.143. The van der Waals surface area contributed by atoms with Gasteiger partial charge in [-0.25, -0.2) is 0 Å². The molecule has 0 aromatic carbocycles. The smallest absolute Gasteiger partial charge is 0.252 e. The molecular formula is C14H12N2O2S. The zero-order valence-corrected chi connectivity index (χ0v) is 10.9. The summed E-state index contributed by atoms with van der Waals surface area (Å²) >= 11 is 1.59. The van der Waals surface area contributed by atoms with E-state index in [1.54, 1.807) is 23.6 Å². The number of pyridine rings is 1. The van der Waals surface area contributed by atoms with E-state index in [-0.39, 0.29) is 12.5 Å². The summed E-state index contributed by atoms with van der Waals surface area (Å²) in [6.45, 7) is 0.238. The van der Waals surface area contributed by atoms with Crippen molar-refractivity contribution in [2.24, 2.45) is 0 Å². The van der Waals surface area contributed by atoms with Crippen molar-refractivity contribution in [1.82, 2.24) is 10.3 Å². The first-order valence-corrected chi connectivity index (χ1v) is 6.58. The summed E-state index contributed by atoms with van der Waals surface area (Å²) < 4.78 is 0. The second-order valence-electron chi connectivity index (χ2n) is 3.70. The number of thiophene rings is 1. The predicted molar refractivity (Wildman–Crippen MR) is 73.7 cm³/mol. The number of amides is 1. The van der Waals surface area contributed by atoms with Crippen molar-refractivity contribution in [3.63, 3.8) is 0 Å². The minimum absolute atomic E-state index is 0.198. The highest BCUT2D eigenvalue weighted by Crippen LogP contribution is 2.08. The van der Waals surface area contributed by atoms with Gasteiger partial charge in [0.15, 0.2) is 0 Å². The molecule has 96 valence electrons. The second-order valence-corrected chi connectivity index (χ2v) is 4.48. The maximum absolute atomic E-state index is 12.1. The van der Waals surface area contributed by atoms with Gasteiger partial charge < -0.3 is 10.4 Å². The number of hydrogen-bond donors (Lipinski definition) is 2. The van der Waals surface area contributed by atoms with Crippen LogP contribution in [0, 0.1) is 11.8 Å². The molecule has 2 aromatic rings. The van der Waals surface area contributed by atoms with Crippen LogP contribution in [0.4, 0.5) is 0 Å². The summed E-state index contributed by atoms with van der Waals surface area (Å²) in [5, 5.41) is 15.5. The van der Waals surface area contributed by atoms with Gasteiger partial charge in [-0.05, 0) is 28.5 Å². The minimum Gasteiger partial charge on any atom is -0.384 e. The average Bonchev–Trinajstić information content (AvgIpc) is 2.96. The number of nitrogens with one attached hydrogen (secondary N) is 1. The van der Waals surface area contributed by atoms with E-state index >= 15 is 0 Å². The van der Waals surface area contributed by atoms with Crippen molar-refractivity contribution >= 4 is 17.2 Å². The Morgan fingerprint density at radius 2 is 2.37 bits per heavy atom. The first-order chi connectivity index (χ1) is 9.31. The molecular weight excluding hydrogens is 260 g/mol. The zero-order chi connectivity index (χ0) is 13.5. The van der Waals surface area contributed by atoms with Gasteiger partial charge in [-0.1, -0.05) is 11.8 Å². The van der Waals surface area contributed by atoms with E-state index in [4.69, 9.17) is 5.11 Å². The fourth-order valence-corrected chi connectivity index (χ4v) is 2.17. The highest BCUT2D eigenvalue weighted by Gasteiger charge is 2.09. The lowest BCUT2D eigenvalue weighted by atomic mass is 10.1. The van der Waals surface area contributed by atoms with Gasteiger partial charge in [0.25, 0.3) is 5.91 Å². The van der Waals surface area contributed by atoms with Crippen LogP contribution in [0.3, 0.4) is 0 Å². The monoisotopic (exact) mass is 272 g/mol. The Morgan fingerprint density at radius 1 is 1.47 bits per heavy atom. The number of carbonyl (C=O) groups is 1. The maximum atomic E-state index is 12.1. The van der Waals surface area contributed by atoms with Crippen molar-refractivity contribution in [3.8, 4) is 11.8 Å². The molecule has 0 atom stereocenters. The minimum atomic E-state index is -0.245. The lowest BCUT2D eigenvalue weighted by Crippen LogP contribution is -2.23. The van der Waals surface area contributed by atoms with Crippen molar-refractivity contribution in [2.75, 3.05) is 6.61 Å². The summed E-state index contributed by atoms with van der Waals surface area (Å²) in [6.07, 6.45) is 3.06. The number of nitrogens with zero attached hydrogens (tertiary/aromatic N) is 1. The third-order valence-electron chi connectivity index (χ3n) is 2.40. The Hall–Kier alpha value is -2.16. The van der Waals surface area contributed by atoms with Crippen LogP contribution in [0.25, 0.3) is 0 Å². The van der Waals surface area contributed by atoms with Crippen LogP contribution in [0.2, 0.25) is 0 Å². The van der Waals surface area contributed by atoms with Gasteiger partial charge >= 0.3 is 0 Å². The Labute approximate surface area is 115 Å². The van der Waals surface area contributed by atoms with E-state index in [0.717, 1.165) is 5.56 Å². The Morgan fingerprint density at radius 3 is 3.11 bits per heavy atom. The standard InChI is InChI=1S/C14H12N2O2S/c17-6-1-2-12-9-15-5-3-13(12)14(18)16-8-11-4-7-19-10-11/h3-5,7,9-10,17H,6,8H2,(H,16,18). The van der Waals surface area contributed by atoms with Crippen LogP contribution in [-0.4, -0.2) is 22.6 Å². The lowest BCUT2D eigenvalue weighted by molar-refractivity contribution is 0.0950. The Balaban J connectivity index is 2.10. The molecule has 0 aliphatic rings. The van der Waals surface area contributed by atoms with Gasteiger partial charge in [-0.3, -0.25) is 9.78 Å². The van der Waals surface area contributed by atoms with E-state index in [1.165, 1.54) is 6.20 Å². The summed E-state index contributed by atoms with van der Waals surface area (Å²) in [4.78, 5) is 16.0.